The van der Waals surface area contributed by atoms with Gasteiger partial charge in [-0.25, -0.2) is 0 Å². The van der Waals surface area contributed by atoms with E-state index in [1.807, 2.05) is 0 Å². The Hall–Kier alpha value is -10.9. The van der Waals surface area contributed by atoms with Gasteiger partial charge in [-0.05, 0) is 177 Å². The molecular formula is C84H52. The molecule has 2 aliphatic carbocycles. The molecule has 0 saturated carbocycles. The molecule has 15 aromatic rings. The monoisotopic (exact) mass is 1060 g/mol. The van der Waals surface area contributed by atoms with Crippen LogP contribution in [-0.4, -0.2) is 0 Å². The van der Waals surface area contributed by atoms with E-state index in [0.29, 0.717) is 0 Å². The minimum Gasteiger partial charge on any atom is -0.0622 e. The van der Waals surface area contributed by atoms with Gasteiger partial charge >= 0.3 is 0 Å². The third-order valence-electron chi connectivity index (χ3n) is 18.0. The summed E-state index contributed by atoms with van der Waals surface area (Å²) in [5.74, 6) is 0. The summed E-state index contributed by atoms with van der Waals surface area (Å²) in [5, 5.41) is 7.71. The Bertz CT molecular complexity index is 4870. The maximum Gasteiger partial charge on any atom is -0.000718 e. The Labute approximate surface area is 489 Å². The summed E-state index contributed by atoms with van der Waals surface area (Å²) < 4.78 is 0. The lowest BCUT2D eigenvalue weighted by molar-refractivity contribution is 1.54. The lowest BCUT2D eigenvalue weighted by Gasteiger charge is -2.26. The van der Waals surface area contributed by atoms with Gasteiger partial charge in [0.05, 0.1) is 0 Å². The van der Waals surface area contributed by atoms with Crippen molar-refractivity contribution in [3.05, 3.63) is 315 Å². The van der Waals surface area contributed by atoms with Crippen LogP contribution in [-0.2, 0) is 0 Å². The molecule has 0 amide bonds. The summed E-state index contributed by atoms with van der Waals surface area (Å²) >= 11 is 0. The van der Waals surface area contributed by atoms with Gasteiger partial charge in [0, 0.05) is 0 Å². The zero-order valence-electron chi connectivity index (χ0n) is 46.0. The molecule has 0 atom stereocenters. The van der Waals surface area contributed by atoms with E-state index >= 15 is 0 Å². The van der Waals surface area contributed by atoms with Gasteiger partial charge in [0.2, 0.25) is 0 Å². The van der Waals surface area contributed by atoms with Crippen LogP contribution in [0.3, 0.4) is 0 Å². The Morgan fingerprint density at radius 3 is 0.655 bits per heavy atom. The van der Waals surface area contributed by atoms with Gasteiger partial charge in [0.25, 0.3) is 0 Å². The highest BCUT2D eigenvalue weighted by Crippen LogP contribution is 2.62. The number of hydrogen-bond acceptors (Lipinski definition) is 0. The zero-order valence-corrected chi connectivity index (χ0v) is 46.0. The fraction of sp³-hybridized carbons (Fsp3) is 0. The summed E-state index contributed by atoms with van der Waals surface area (Å²) in [6, 6.07) is 117. The largest absolute Gasteiger partial charge is 0.0622 e. The van der Waals surface area contributed by atoms with E-state index < -0.39 is 0 Å². The molecule has 0 N–H and O–H groups in total. The van der Waals surface area contributed by atoms with Crippen molar-refractivity contribution in [3.8, 4) is 145 Å². The molecule has 0 heteroatoms. The second kappa shape index (κ2) is 19.4. The van der Waals surface area contributed by atoms with Crippen molar-refractivity contribution < 1.29 is 0 Å². The first-order chi connectivity index (χ1) is 41.7. The van der Waals surface area contributed by atoms with Gasteiger partial charge in [0.15, 0.2) is 0 Å². The minimum absolute atomic E-state index is 1.19. The third kappa shape index (κ3) is 7.34. The van der Waals surface area contributed by atoms with E-state index in [0.717, 1.165) is 0 Å². The fourth-order valence-electron chi connectivity index (χ4n) is 14.5. The van der Waals surface area contributed by atoms with E-state index in [9.17, 15) is 0 Å². The number of fused-ring (bicyclic) bond motifs is 7. The molecule has 0 fully saturated rings. The van der Waals surface area contributed by atoms with Crippen LogP contribution >= 0.6 is 0 Å². The Morgan fingerprint density at radius 2 is 0.333 bits per heavy atom. The first-order valence-corrected chi connectivity index (χ1v) is 29.2. The minimum atomic E-state index is 1.19. The van der Waals surface area contributed by atoms with Gasteiger partial charge < -0.3 is 0 Å². The SMILES string of the molecule is c1ccc(-c2c(-c3ccccc3)c(-c3ccccc3)c3c(c2-c2ccccc2)-c2cccc4c(-c5ccc(-c6ccc(-c7ccc8c9c(cccc79)-c7c-8c(-c8ccccc8)c8ccccc8c7-c7ccccc7)cc6)cc5)ccc-3c24)cc1. The molecule has 0 heterocycles. The van der Waals surface area contributed by atoms with Crippen molar-refractivity contribution in [1.82, 2.24) is 0 Å². The normalized spacial score (nSPS) is 11.8. The van der Waals surface area contributed by atoms with Crippen molar-refractivity contribution in [2.45, 2.75) is 0 Å². The van der Waals surface area contributed by atoms with Crippen molar-refractivity contribution in [1.29, 1.82) is 0 Å². The highest BCUT2D eigenvalue weighted by atomic mass is 14.4. The van der Waals surface area contributed by atoms with Crippen LogP contribution in [0, 0.1) is 0 Å². The first-order valence-electron chi connectivity index (χ1n) is 29.2. The van der Waals surface area contributed by atoms with Crippen LogP contribution in [0.25, 0.3) is 177 Å². The van der Waals surface area contributed by atoms with Gasteiger partial charge in [-0.15, -0.1) is 0 Å². The lowest BCUT2D eigenvalue weighted by Crippen LogP contribution is -1.99. The van der Waals surface area contributed by atoms with Crippen molar-refractivity contribution in [3.63, 3.8) is 0 Å². The predicted molar refractivity (Wildman–Crippen MR) is 357 cm³/mol. The highest BCUT2D eigenvalue weighted by molar-refractivity contribution is 6.30. The molecule has 0 nitrogen and oxygen atoms in total. The van der Waals surface area contributed by atoms with Crippen LogP contribution in [0.2, 0.25) is 0 Å². The van der Waals surface area contributed by atoms with E-state index in [1.54, 1.807) is 0 Å². The van der Waals surface area contributed by atoms with Gasteiger partial charge in [-0.1, -0.05) is 315 Å². The van der Waals surface area contributed by atoms with Crippen molar-refractivity contribution >= 4 is 32.3 Å². The van der Waals surface area contributed by atoms with Crippen molar-refractivity contribution in [2.24, 2.45) is 0 Å². The van der Waals surface area contributed by atoms with Gasteiger partial charge in [-0.3, -0.25) is 0 Å². The number of hydrogen-bond donors (Lipinski definition) is 0. The molecular weight excluding hydrogens is 1010 g/mol. The molecule has 0 saturated heterocycles. The topological polar surface area (TPSA) is 0 Å². The summed E-state index contributed by atoms with van der Waals surface area (Å²) in [6.45, 7) is 0. The first kappa shape index (κ1) is 47.8. The predicted octanol–water partition coefficient (Wildman–Crippen LogP) is 23.4. The Morgan fingerprint density at radius 1 is 0.107 bits per heavy atom. The van der Waals surface area contributed by atoms with E-state index in [4.69, 9.17) is 0 Å². The average molecular weight is 1060 g/mol. The molecule has 388 valence electrons. The van der Waals surface area contributed by atoms with Gasteiger partial charge in [-0.2, -0.15) is 0 Å². The second-order valence-corrected chi connectivity index (χ2v) is 22.4. The van der Waals surface area contributed by atoms with Gasteiger partial charge in [0.1, 0.15) is 0 Å². The number of benzene rings is 15. The summed E-state index contributed by atoms with van der Waals surface area (Å²) in [4.78, 5) is 0. The molecule has 15 aromatic carbocycles. The zero-order chi connectivity index (χ0) is 55.2. The smallest absolute Gasteiger partial charge is 0.000718 e. The van der Waals surface area contributed by atoms with Crippen LogP contribution in [0.4, 0.5) is 0 Å². The van der Waals surface area contributed by atoms with E-state index in [2.05, 4.69) is 315 Å². The molecule has 0 unspecified atom stereocenters. The summed E-state index contributed by atoms with van der Waals surface area (Å²) in [7, 11) is 0. The van der Waals surface area contributed by atoms with Crippen LogP contribution in [0.15, 0.2) is 315 Å². The highest BCUT2D eigenvalue weighted by Gasteiger charge is 2.35. The molecule has 17 rings (SSSR count). The second-order valence-electron chi connectivity index (χ2n) is 22.4. The number of rotatable bonds is 9. The molecule has 0 bridgehead atoms. The maximum absolute atomic E-state index is 2.41. The van der Waals surface area contributed by atoms with E-state index in [1.165, 1.54) is 177 Å². The summed E-state index contributed by atoms with van der Waals surface area (Å²) in [6.07, 6.45) is 0. The fourth-order valence-corrected chi connectivity index (χ4v) is 14.5. The standard InChI is InChI=1S/C84H52/c1-7-23-57(24-8-1)73-67-35-19-20-36-68(67)74(58-25-9-2-10-26-58)82-71-51-49-63(65-37-21-39-69(79(65)71)81(73)82)55-45-41-53(42-46-55)54-43-47-56(48-44-54)64-50-52-72-80-66(64)38-22-40-70(80)83-77(61-31-15-5-16-32-61)75(59-27-11-3-12-28-59)76(60-29-13-4-14-30-60)78(84(72)83)62-33-17-6-18-34-62/h1-52H. The Kier molecular flexibility index (Phi) is 11.0. The molecule has 0 aromatic heterocycles. The molecule has 0 aliphatic heterocycles. The maximum atomic E-state index is 2.41. The van der Waals surface area contributed by atoms with Crippen LogP contribution in [0.5, 0.6) is 0 Å². The quantitative estimate of drug-likeness (QED) is 0.135. The van der Waals surface area contributed by atoms with E-state index in [-0.39, 0.29) is 0 Å². The lowest BCUT2D eigenvalue weighted by atomic mass is 9.76. The average Bonchev–Trinajstić information content (AvgIpc) is 1.74. The third-order valence-corrected chi connectivity index (χ3v) is 18.0. The molecule has 0 spiro atoms. The molecule has 84 heavy (non-hydrogen) atoms. The summed E-state index contributed by atoms with van der Waals surface area (Å²) in [5.41, 5.74) is 32.5. The van der Waals surface area contributed by atoms with Crippen molar-refractivity contribution in [2.75, 3.05) is 0 Å². The molecule has 0 radical (unpaired) electrons. The Balaban J connectivity index is 0.773. The molecule has 2 aliphatic rings. The van der Waals surface area contributed by atoms with Crippen LogP contribution in [0.1, 0.15) is 0 Å². The van der Waals surface area contributed by atoms with Crippen LogP contribution < -0.4 is 0 Å².